The Kier molecular flexibility index (Phi) is 5.93. The molecule has 1 heterocycles. The van der Waals surface area contributed by atoms with Crippen molar-refractivity contribution in [1.29, 1.82) is 0 Å². The molecule has 1 atom stereocenters. The predicted octanol–water partition coefficient (Wildman–Crippen LogP) is 0.282. The highest BCUT2D eigenvalue weighted by molar-refractivity contribution is 7.87. The van der Waals surface area contributed by atoms with E-state index in [0.717, 1.165) is 12.1 Å². The van der Waals surface area contributed by atoms with Crippen LogP contribution in [-0.4, -0.2) is 58.9 Å². The number of hydrogen-bond donors (Lipinski definition) is 2. The summed E-state index contributed by atoms with van der Waals surface area (Å²) in [7, 11) is -4.74. The molecule has 15 heteroatoms. The molecular weight excluding hydrogens is 400 g/mol. The van der Waals surface area contributed by atoms with E-state index in [1.165, 1.54) is 6.07 Å². The molecule has 0 aliphatic carbocycles. The number of carbonyl (C=O) groups excluding carboxylic acids is 3. The lowest BCUT2D eigenvalue weighted by molar-refractivity contribution is -0.384. The fourth-order valence-corrected chi connectivity index (χ4v) is 3.27. The molecule has 1 aliphatic heterocycles. The minimum absolute atomic E-state index is 0.336. The molecule has 0 radical (unpaired) electrons. The van der Waals surface area contributed by atoms with Gasteiger partial charge in [0, 0.05) is 18.0 Å². The monoisotopic (exact) mass is 412 g/mol. The number of rotatable bonds is 7. The van der Waals surface area contributed by atoms with Crippen molar-refractivity contribution in [3.05, 3.63) is 44.3 Å². The number of para-hydroxylation sites is 1. The normalized spacial score (nSPS) is 16.6. The van der Waals surface area contributed by atoms with Crippen molar-refractivity contribution >= 4 is 39.2 Å². The van der Waals surface area contributed by atoms with Crippen LogP contribution in [0.25, 0.3) is 10.4 Å². The van der Waals surface area contributed by atoms with Gasteiger partial charge in [-0.05, 0) is 17.7 Å². The molecule has 28 heavy (non-hydrogen) atoms. The molecule has 2 rings (SSSR count). The molecule has 1 unspecified atom stereocenters. The standard InChI is InChI=1S/C13H12N6O8S/c14-17-16-8-3-1-2-7(11(8)19(23)24)12(21)15-4-5-18-10(20)6-9(13(18)22)28(25,26)27/h1-3,9H,4-6H2,(H,15,21)(H,25,26,27). The molecular formula is C13H12N6O8S. The molecule has 1 aromatic rings. The van der Waals surface area contributed by atoms with E-state index in [-0.39, 0.29) is 12.2 Å². The van der Waals surface area contributed by atoms with E-state index in [1.807, 2.05) is 0 Å². The molecule has 0 bridgehead atoms. The van der Waals surface area contributed by atoms with Crippen molar-refractivity contribution in [1.82, 2.24) is 10.2 Å². The lowest BCUT2D eigenvalue weighted by Crippen LogP contribution is -2.40. The lowest BCUT2D eigenvalue weighted by atomic mass is 10.1. The zero-order valence-electron chi connectivity index (χ0n) is 13.9. The van der Waals surface area contributed by atoms with Crippen LogP contribution < -0.4 is 5.32 Å². The molecule has 1 saturated heterocycles. The fraction of sp³-hybridized carbons (Fsp3) is 0.308. The van der Waals surface area contributed by atoms with Crippen LogP contribution in [0.1, 0.15) is 16.8 Å². The molecule has 0 saturated carbocycles. The molecule has 0 spiro atoms. The van der Waals surface area contributed by atoms with Crippen LogP contribution >= 0.6 is 0 Å². The number of amides is 3. The Morgan fingerprint density at radius 2 is 2.14 bits per heavy atom. The minimum Gasteiger partial charge on any atom is -0.350 e. The number of nitrogens with zero attached hydrogens (tertiary/aromatic N) is 5. The number of hydrogen-bond acceptors (Lipinski definition) is 8. The number of nitrogens with one attached hydrogen (secondary N) is 1. The minimum atomic E-state index is -4.74. The molecule has 14 nitrogen and oxygen atoms in total. The third-order valence-corrected chi connectivity index (χ3v) is 4.86. The summed E-state index contributed by atoms with van der Waals surface area (Å²) < 4.78 is 31.1. The summed E-state index contributed by atoms with van der Waals surface area (Å²) in [5, 5.41) is 14.7. The largest absolute Gasteiger partial charge is 0.350 e. The van der Waals surface area contributed by atoms with Crippen molar-refractivity contribution in [2.24, 2.45) is 5.11 Å². The summed E-state index contributed by atoms with van der Waals surface area (Å²) >= 11 is 0. The van der Waals surface area contributed by atoms with Gasteiger partial charge in [0.15, 0.2) is 5.25 Å². The molecule has 1 aromatic carbocycles. The number of benzene rings is 1. The van der Waals surface area contributed by atoms with Gasteiger partial charge < -0.3 is 5.32 Å². The van der Waals surface area contributed by atoms with Gasteiger partial charge >= 0.3 is 0 Å². The lowest BCUT2D eigenvalue weighted by Gasteiger charge is -2.15. The first-order valence-electron chi connectivity index (χ1n) is 7.49. The zero-order valence-corrected chi connectivity index (χ0v) is 14.7. The quantitative estimate of drug-likeness (QED) is 0.120. The van der Waals surface area contributed by atoms with Crippen LogP contribution in [0, 0.1) is 10.1 Å². The highest BCUT2D eigenvalue weighted by atomic mass is 32.2. The Labute approximate surface area is 156 Å². The fourth-order valence-electron chi connectivity index (χ4n) is 2.53. The number of imide groups is 1. The number of carbonyl (C=O) groups is 3. The predicted molar refractivity (Wildman–Crippen MR) is 90.9 cm³/mol. The van der Waals surface area contributed by atoms with Gasteiger partial charge in [0.1, 0.15) is 11.3 Å². The van der Waals surface area contributed by atoms with Crippen LogP contribution in [0.4, 0.5) is 11.4 Å². The van der Waals surface area contributed by atoms with E-state index in [2.05, 4.69) is 15.3 Å². The summed E-state index contributed by atoms with van der Waals surface area (Å²) in [6, 6.07) is 3.52. The first-order chi connectivity index (χ1) is 13.1. The number of nitro benzene ring substituents is 1. The van der Waals surface area contributed by atoms with E-state index in [1.54, 1.807) is 0 Å². The molecule has 3 amide bonds. The zero-order chi connectivity index (χ0) is 21.1. The van der Waals surface area contributed by atoms with E-state index in [9.17, 15) is 32.9 Å². The van der Waals surface area contributed by atoms with Gasteiger partial charge in [-0.3, -0.25) is 34.0 Å². The van der Waals surface area contributed by atoms with Crippen molar-refractivity contribution in [3.8, 4) is 0 Å². The summed E-state index contributed by atoms with van der Waals surface area (Å²) in [5.74, 6) is -2.91. The first-order valence-corrected chi connectivity index (χ1v) is 8.99. The van der Waals surface area contributed by atoms with Gasteiger partial charge in [0.2, 0.25) is 5.91 Å². The SMILES string of the molecule is [N-]=[N+]=Nc1cccc(C(=O)NCCN2C(=O)CC(S(=O)(=O)O)C2=O)c1[N+](=O)[O-]. The average molecular weight is 412 g/mol. The van der Waals surface area contributed by atoms with E-state index in [0.29, 0.717) is 4.90 Å². The van der Waals surface area contributed by atoms with Crippen LogP contribution in [0.3, 0.4) is 0 Å². The maximum absolute atomic E-state index is 12.2. The summed E-state index contributed by atoms with van der Waals surface area (Å²) in [5.41, 5.74) is 6.94. The second kappa shape index (κ2) is 7.99. The Bertz CT molecular complexity index is 1020. The topological polar surface area (TPSA) is 213 Å². The van der Waals surface area contributed by atoms with Gasteiger partial charge in [-0.2, -0.15) is 8.42 Å². The summed E-state index contributed by atoms with van der Waals surface area (Å²) in [4.78, 5) is 49.1. The van der Waals surface area contributed by atoms with Crippen molar-refractivity contribution in [3.63, 3.8) is 0 Å². The smallest absolute Gasteiger partial charge is 0.291 e. The highest BCUT2D eigenvalue weighted by Crippen LogP contribution is 2.31. The maximum Gasteiger partial charge on any atom is 0.291 e. The van der Waals surface area contributed by atoms with E-state index < -0.39 is 62.2 Å². The average Bonchev–Trinajstić information content (AvgIpc) is 2.89. The highest BCUT2D eigenvalue weighted by Gasteiger charge is 2.45. The van der Waals surface area contributed by atoms with Crippen molar-refractivity contribution in [2.75, 3.05) is 13.1 Å². The number of nitro groups is 1. The molecule has 1 aliphatic rings. The summed E-state index contributed by atoms with van der Waals surface area (Å²) in [6.45, 7) is -0.739. The molecule has 2 N–H and O–H groups in total. The summed E-state index contributed by atoms with van der Waals surface area (Å²) in [6.07, 6.45) is -0.717. The van der Waals surface area contributed by atoms with E-state index >= 15 is 0 Å². The van der Waals surface area contributed by atoms with Gasteiger partial charge in [-0.15, -0.1) is 0 Å². The number of likely N-dealkylation sites (tertiary alicyclic amines) is 1. The second-order valence-electron chi connectivity index (χ2n) is 5.47. The molecule has 148 valence electrons. The van der Waals surface area contributed by atoms with Crippen LogP contribution in [0.2, 0.25) is 0 Å². The maximum atomic E-state index is 12.2. The second-order valence-corrected chi connectivity index (χ2v) is 7.07. The van der Waals surface area contributed by atoms with Crippen molar-refractivity contribution in [2.45, 2.75) is 11.7 Å². The third kappa shape index (κ3) is 4.22. The first kappa shape index (κ1) is 20.8. The van der Waals surface area contributed by atoms with Gasteiger partial charge in [-0.1, -0.05) is 11.2 Å². The van der Waals surface area contributed by atoms with Crippen LogP contribution in [0.5, 0.6) is 0 Å². The third-order valence-electron chi connectivity index (χ3n) is 3.78. The van der Waals surface area contributed by atoms with Gasteiger partial charge in [0.25, 0.3) is 27.6 Å². The van der Waals surface area contributed by atoms with E-state index in [4.69, 9.17) is 10.1 Å². The molecule has 0 aromatic heterocycles. The Hall–Kier alpha value is -3.55. The van der Waals surface area contributed by atoms with Gasteiger partial charge in [0.05, 0.1) is 11.3 Å². The van der Waals surface area contributed by atoms with Gasteiger partial charge in [-0.25, -0.2) is 0 Å². The number of azide groups is 1. The van der Waals surface area contributed by atoms with Crippen LogP contribution in [0.15, 0.2) is 23.3 Å². The Morgan fingerprint density at radius 1 is 1.46 bits per heavy atom. The Balaban J connectivity index is 2.11. The van der Waals surface area contributed by atoms with Crippen LogP contribution in [-0.2, 0) is 19.7 Å². The van der Waals surface area contributed by atoms with Crippen molar-refractivity contribution < 1.29 is 32.3 Å². The Morgan fingerprint density at radius 3 is 2.68 bits per heavy atom. The molecule has 1 fully saturated rings.